The summed E-state index contributed by atoms with van der Waals surface area (Å²) in [6.45, 7) is 8.02. The van der Waals surface area contributed by atoms with Crippen LogP contribution in [0.5, 0.6) is 5.75 Å². The third kappa shape index (κ3) is 2.89. The van der Waals surface area contributed by atoms with Gasteiger partial charge in [0, 0.05) is 16.5 Å². The molecular weight excluding hydrogens is 280 g/mol. The molecule has 0 aliphatic rings. The molecule has 1 N–H and O–H groups in total. The highest BCUT2D eigenvalue weighted by molar-refractivity contribution is 9.10. The van der Waals surface area contributed by atoms with Crippen molar-refractivity contribution < 1.29 is 9.90 Å². The van der Waals surface area contributed by atoms with E-state index in [2.05, 4.69) is 15.9 Å². The zero-order valence-corrected chi connectivity index (χ0v) is 12.3. The standard InChI is InChI=1S/C14H19BrO2/c1-8(2)11-7-12(15)10(4)13(14(11)17)9(3)5-6-16/h6-9,17H,5H2,1-4H3. The fraction of sp³-hybridized carbons (Fsp3) is 0.500. The summed E-state index contributed by atoms with van der Waals surface area (Å²) in [7, 11) is 0. The van der Waals surface area contributed by atoms with E-state index in [1.54, 1.807) is 0 Å². The summed E-state index contributed by atoms with van der Waals surface area (Å²) in [6.07, 6.45) is 1.34. The highest BCUT2D eigenvalue weighted by Gasteiger charge is 2.19. The topological polar surface area (TPSA) is 37.3 Å². The van der Waals surface area contributed by atoms with Crippen LogP contribution in [0.3, 0.4) is 0 Å². The molecule has 1 unspecified atom stereocenters. The van der Waals surface area contributed by atoms with Crippen LogP contribution in [0.25, 0.3) is 0 Å². The van der Waals surface area contributed by atoms with Gasteiger partial charge >= 0.3 is 0 Å². The van der Waals surface area contributed by atoms with E-state index >= 15 is 0 Å². The summed E-state index contributed by atoms with van der Waals surface area (Å²) >= 11 is 3.52. The molecule has 1 atom stereocenters. The van der Waals surface area contributed by atoms with Crippen molar-refractivity contribution in [1.29, 1.82) is 0 Å². The minimum absolute atomic E-state index is 0.0440. The third-order valence-electron chi connectivity index (χ3n) is 3.14. The van der Waals surface area contributed by atoms with E-state index in [-0.39, 0.29) is 11.8 Å². The number of aromatic hydroxyl groups is 1. The second kappa shape index (κ2) is 5.67. The number of phenols is 1. The van der Waals surface area contributed by atoms with Crippen molar-refractivity contribution in [3.8, 4) is 5.75 Å². The van der Waals surface area contributed by atoms with Crippen LogP contribution in [0.4, 0.5) is 0 Å². The van der Waals surface area contributed by atoms with Gasteiger partial charge in [-0.25, -0.2) is 0 Å². The summed E-state index contributed by atoms with van der Waals surface area (Å²) < 4.78 is 0.992. The van der Waals surface area contributed by atoms with Crippen LogP contribution in [0.15, 0.2) is 10.5 Å². The van der Waals surface area contributed by atoms with Crippen LogP contribution in [0, 0.1) is 6.92 Å². The fourth-order valence-corrected chi connectivity index (χ4v) is 2.54. The number of halogens is 1. The molecule has 1 aromatic carbocycles. The normalized spacial score (nSPS) is 12.8. The predicted molar refractivity (Wildman–Crippen MR) is 73.7 cm³/mol. The molecule has 0 amide bonds. The van der Waals surface area contributed by atoms with Gasteiger partial charge in [-0.05, 0) is 36.0 Å². The molecule has 0 fully saturated rings. The molecule has 2 nitrogen and oxygen atoms in total. The summed E-state index contributed by atoms with van der Waals surface area (Å²) in [5.41, 5.74) is 2.83. The van der Waals surface area contributed by atoms with Gasteiger partial charge in [0.25, 0.3) is 0 Å². The van der Waals surface area contributed by atoms with Gasteiger partial charge in [-0.3, -0.25) is 0 Å². The van der Waals surface area contributed by atoms with Crippen molar-refractivity contribution in [3.05, 3.63) is 27.2 Å². The number of phenolic OH excluding ortho intramolecular Hbond substituents is 1. The van der Waals surface area contributed by atoms with Crippen molar-refractivity contribution in [3.63, 3.8) is 0 Å². The number of aldehydes is 1. The monoisotopic (exact) mass is 298 g/mol. The van der Waals surface area contributed by atoms with Crippen molar-refractivity contribution in [1.82, 2.24) is 0 Å². The van der Waals surface area contributed by atoms with E-state index in [4.69, 9.17) is 0 Å². The Morgan fingerprint density at radius 2 is 2.00 bits per heavy atom. The third-order valence-corrected chi connectivity index (χ3v) is 3.96. The molecule has 1 rings (SSSR count). The highest BCUT2D eigenvalue weighted by atomic mass is 79.9. The molecule has 0 aromatic heterocycles. The smallest absolute Gasteiger partial charge is 0.122 e. The number of hydrogen-bond donors (Lipinski definition) is 1. The van der Waals surface area contributed by atoms with Crippen molar-refractivity contribution in [2.75, 3.05) is 0 Å². The second-order valence-corrected chi connectivity index (χ2v) is 5.65. The Morgan fingerprint density at radius 3 is 2.47 bits per heavy atom. The lowest BCUT2D eigenvalue weighted by atomic mass is 9.88. The first kappa shape index (κ1) is 14.2. The summed E-state index contributed by atoms with van der Waals surface area (Å²) in [5, 5.41) is 10.3. The Hall–Kier alpha value is -0.830. The molecule has 0 heterocycles. The number of rotatable bonds is 4. The summed E-state index contributed by atoms with van der Waals surface area (Å²) in [5.74, 6) is 0.645. The van der Waals surface area contributed by atoms with E-state index in [0.717, 1.165) is 27.4 Å². The van der Waals surface area contributed by atoms with Crippen molar-refractivity contribution in [2.24, 2.45) is 0 Å². The average molecular weight is 299 g/mol. The zero-order chi connectivity index (χ0) is 13.2. The fourth-order valence-electron chi connectivity index (χ4n) is 2.08. The lowest BCUT2D eigenvalue weighted by Crippen LogP contribution is -2.02. The number of benzene rings is 1. The molecule has 0 saturated heterocycles. The minimum Gasteiger partial charge on any atom is -0.507 e. The summed E-state index contributed by atoms with van der Waals surface area (Å²) in [4.78, 5) is 10.6. The molecule has 0 radical (unpaired) electrons. The van der Waals surface area contributed by atoms with Crippen LogP contribution in [0.1, 0.15) is 55.7 Å². The van der Waals surface area contributed by atoms with Gasteiger partial charge in [-0.15, -0.1) is 0 Å². The maximum atomic E-state index is 10.6. The van der Waals surface area contributed by atoms with Crippen molar-refractivity contribution in [2.45, 2.75) is 46.0 Å². The highest BCUT2D eigenvalue weighted by Crippen LogP contribution is 2.40. The van der Waals surface area contributed by atoms with Gasteiger partial charge in [0.15, 0.2) is 0 Å². The average Bonchev–Trinajstić information content (AvgIpc) is 2.23. The SMILES string of the molecule is Cc1c(Br)cc(C(C)C)c(O)c1C(C)CC=O. The zero-order valence-electron chi connectivity index (χ0n) is 10.7. The number of carbonyl (C=O) groups excluding carboxylic acids is 1. The number of hydrogen-bond acceptors (Lipinski definition) is 2. The molecule has 0 aliphatic heterocycles. The van der Waals surface area contributed by atoms with Gasteiger partial charge in [0.05, 0.1) is 0 Å². The molecule has 3 heteroatoms. The Kier molecular flexibility index (Phi) is 4.75. The molecule has 17 heavy (non-hydrogen) atoms. The molecule has 0 bridgehead atoms. The van der Waals surface area contributed by atoms with Crippen LogP contribution >= 0.6 is 15.9 Å². The largest absolute Gasteiger partial charge is 0.507 e. The molecular formula is C14H19BrO2. The first-order valence-corrected chi connectivity index (χ1v) is 6.64. The Labute approximate surface area is 111 Å². The van der Waals surface area contributed by atoms with Crippen molar-refractivity contribution >= 4 is 22.2 Å². The lowest BCUT2D eigenvalue weighted by molar-refractivity contribution is -0.108. The van der Waals surface area contributed by atoms with E-state index in [0.29, 0.717) is 12.2 Å². The van der Waals surface area contributed by atoms with E-state index in [1.807, 2.05) is 33.8 Å². The Bertz CT molecular complexity index is 425. The Morgan fingerprint density at radius 1 is 1.41 bits per heavy atom. The number of carbonyl (C=O) groups is 1. The molecule has 94 valence electrons. The first-order valence-electron chi connectivity index (χ1n) is 5.85. The molecule has 0 saturated carbocycles. The maximum absolute atomic E-state index is 10.6. The molecule has 0 spiro atoms. The maximum Gasteiger partial charge on any atom is 0.122 e. The predicted octanol–water partition coefficient (Wildman–Crippen LogP) is 4.28. The lowest BCUT2D eigenvalue weighted by Gasteiger charge is -2.20. The van der Waals surface area contributed by atoms with E-state index < -0.39 is 0 Å². The van der Waals surface area contributed by atoms with E-state index in [9.17, 15) is 9.90 Å². The van der Waals surface area contributed by atoms with Gasteiger partial charge in [-0.2, -0.15) is 0 Å². The van der Waals surface area contributed by atoms with Gasteiger partial charge in [0.1, 0.15) is 12.0 Å². The molecule has 1 aromatic rings. The van der Waals surface area contributed by atoms with Crippen LogP contribution in [-0.2, 0) is 4.79 Å². The summed E-state index contributed by atoms with van der Waals surface area (Å²) in [6, 6.07) is 1.96. The van der Waals surface area contributed by atoms with Gasteiger partial charge in [-0.1, -0.05) is 36.7 Å². The van der Waals surface area contributed by atoms with Gasteiger partial charge < -0.3 is 9.90 Å². The van der Waals surface area contributed by atoms with Crippen LogP contribution < -0.4 is 0 Å². The minimum atomic E-state index is 0.0440. The van der Waals surface area contributed by atoms with Crippen LogP contribution in [-0.4, -0.2) is 11.4 Å². The van der Waals surface area contributed by atoms with Gasteiger partial charge in [0.2, 0.25) is 0 Å². The quantitative estimate of drug-likeness (QED) is 0.843. The van der Waals surface area contributed by atoms with E-state index in [1.165, 1.54) is 0 Å². The second-order valence-electron chi connectivity index (χ2n) is 4.79. The first-order chi connectivity index (χ1) is 7.90. The Balaban J connectivity index is 3.41. The molecule has 0 aliphatic carbocycles. The van der Waals surface area contributed by atoms with Crippen LogP contribution in [0.2, 0.25) is 0 Å².